The number of hydrogen-bond acceptors (Lipinski definition) is 4. The molecule has 0 saturated carbocycles. The molecular weight excluding hydrogens is 285 g/mol. The van der Waals surface area contributed by atoms with Crippen molar-refractivity contribution < 1.29 is 22.7 Å². The van der Waals surface area contributed by atoms with E-state index in [2.05, 4.69) is 4.72 Å². The summed E-state index contributed by atoms with van der Waals surface area (Å²) < 4.78 is 45.8. The lowest BCUT2D eigenvalue weighted by atomic mass is 10.0. The maximum absolute atomic E-state index is 13.7. The molecule has 1 aliphatic rings. The highest BCUT2D eigenvalue weighted by Gasteiger charge is 2.32. The first kappa shape index (κ1) is 15.4. The van der Waals surface area contributed by atoms with Crippen LogP contribution >= 0.6 is 0 Å². The van der Waals surface area contributed by atoms with E-state index in [-0.39, 0.29) is 13.2 Å². The summed E-state index contributed by atoms with van der Waals surface area (Å²) in [5.74, 6) is -0.841. The van der Waals surface area contributed by atoms with E-state index in [0.29, 0.717) is 12.2 Å². The molecule has 1 unspecified atom stereocenters. The van der Waals surface area contributed by atoms with Crippen LogP contribution in [0.5, 0.6) is 0 Å². The van der Waals surface area contributed by atoms with Crippen LogP contribution in [0.4, 0.5) is 4.39 Å². The Morgan fingerprint density at radius 2 is 2.25 bits per heavy atom. The van der Waals surface area contributed by atoms with Crippen LogP contribution in [0.25, 0.3) is 0 Å². The van der Waals surface area contributed by atoms with Crippen LogP contribution in [0.15, 0.2) is 23.1 Å². The quantitative estimate of drug-likeness (QED) is 0.856. The van der Waals surface area contributed by atoms with Gasteiger partial charge in [0.1, 0.15) is 10.7 Å². The predicted octanol–water partition coefficient (Wildman–Crippen LogP) is 1.17. The van der Waals surface area contributed by atoms with E-state index in [1.807, 2.05) is 6.92 Å². The van der Waals surface area contributed by atoms with Crippen molar-refractivity contribution in [1.82, 2.24) is 4.72 Å². The van der Waals surface area contributed by atoms with Gasteiger partial charge in [-0.3, -0.25) is 0 Å². The Balaban J connectivity index is 2.17. The predicted molar refractivity (Wildman–Crippen MR) is 71.1 cm³/mol. The van der Waals surface area contributed by atoms with Crippen LogP contribution in [0, 0.1) is 5.82 Å². The van der Waals surface area contributed by atoms with Gasteiger partial charge in [0.15, 0.2) is 0 Å². The first-order chi connectivity index (χ1) is 9.36. The van der Waals surface area contributed by atoms with Crippen LogP contribution in [0.3, 0.4) is 0 Å². The van der Waals surface area contributed by atoms with E-state index >= 15 is 0 Å². The smallest absolute Gasteiger partial charge is 0.243 e. The van der Waals surface area contributed by atoms with Gasteiger partial charge in [-0.05, 0) is 37.5 Å². The zero-order chi connectivity index (χ0) is 14.8. The monoisotopic (exact) mass is 303 g/mol. The fourth-order valence-electron chi connectivity index (χ4n) is 2.15. The molecule has 1 saturated heterocycles. The molecule has 7 heteroatoms. The van der Waals surface area contributed by atoms with E-state index in [1.54, 1.807) is 0 Å². The molecule has 0 bridgehead atoms. The van der Waals surface area contributed by atoms with Crippen molar-refractivity contribution in [2.75, 3.05) is 13.2 Å². The van der Waals surface area contributed by atoms with Gasteiger partial charge in [0.05, 0.1) is 12.2 Å². The Labute approximate surface area is 117 Å². The lowest BCUT2D eigenvalue weighted by Crippen LogP contribution is -2.40. The van der Waals surface area contributed by atoms with Crippen LogP contribution in [0.2, 0.25) is 0 Å². The first-order valence-corrected chi connectivity index (χ1v) is 7.88. The SMILES string of the molecule is CC1(CNS(=O)(=O)c2cc(CO)ccc2F)CCCO1. The second-order valence-corrected chi connectivity index (χ2v) is 6.88. The van der Waals surface area contributed by atoms with Crippen LogP contribution < -0.4 is 4.72 Å². The first-order valence-electron chi connectivity index (χ1n) is 6.39. The second kappa shape index (κ2) is 5.77. The largest absolute Gasteiger partial charge is 0.392 e. The summed E-state index contributed by atoms with van der Waals surface area (Å²) in [6.07, 6.45) is 1.64. The van der Waals surface area contributed by atoms with Crippen molar-refractivity contribution in [1.29, 1.82) is 0 Å². The Bertz CT molecular complexity index is 582. The third-order valence-corrected chi connectivity index (χ3v) is 4.82. The van der Waals surface area contributed by atoms with Gasteiger partial charge < -0.3 is 9.84 Å². The Morgan fingerprint density at radius 1 is 1.50 bits per heavy atom. The highest BCUT2D eigenvalue weighted by molar-refractivity contribution is 7.89. The van der Waals surface area contributed by atoms with Crippen molar-refractivity contribution in [3.8, 4) is 0 Å². The topological polar surface area (TPSA) is 75.6 Å². The molecule has 2 N–H and O–H groups in total. The fourth-order valence-corrected chi connectivity index (χ4v) is 3.44. The van der Waals surface area contributed by atoms with Gasteiger partial charge in [-0.2, -0.15) is 0 Å². The minimum absolute atomic E-state index is 0.0954. The minimum atomic E-state index is -3.97. The molecule has 0 spiro atoms. The Hall–Kier alpha value is -1.02. The summed E-state index contributed by atoms with van der Waals surface area (Å²) in [4.78, 5) is -0.453. The third kappa shape index (κ3) is 3.35. The molecule has 0 radical (unpaired) electrons. The molecule has 112 valence electrons. The van der Waals surface area contributed by atoms with Crippen molar-refractivity contribution in [3.63, 3.8) is 0 Å². The summed E-state index contributed by atoms with van der Waals surface area (Å²) in [6.45, 7) is 2.18. The maximum atomic E-state index is 13.7. The summed E-state index contributed by atoms with van der Waals surface area (Å²) in [5, 5.41) is 9.00. The summed E-state index contributed by atoms with van der Waals surface area (Å²) in [7, 11) is -3.97. The van der Waals surface area contributed by atoms with Gasteiger partial charge >= 0.3 is 0 Å². The van der Waals surface area contributed by atoms with Gasteiger partial charge in [0.25, 0.3) is 0 Å². The van der Waals surface area contributed by atoms with Crippen molar-refractivity contribution in [3.05, 3.63) is 29.6 Å². The van der Waals surface area contributed by atoms with Crippen molar-refractivity contribution in [2.45, 2.75) is 36.9 Å². The molecule has 1 aromatic rings. The number of aliphatic hydroxyl groups is 1. The number of aliphatic hydroxyl groups excluding tert-OH is 1. The van der Waals surface area contributed by atoms with Gasteiger partial charge in [-0.25, -0.2) is 17.5 Å². The summed E-state index contributed by atoms with van der Waals surface area (Å²) >= 11 is 0. The second-order valence-electron chi connectivity index (χ2n) is 5.15. The Kier molecular flexibility index (Phi) is 4.43. The average Bonchev–Trinajstić information content (AvgIpc) is 2.85. The van der Waals surface area contributed by atoms with Gasteiger partial charge in [-0.15, -0.1) is 0 Å². The van der Waals surface area contributed by atoms with E-state index in [0.717, 1.165) is 25.0 Å². The molecule has 20 heavy (non-hydrogen) atoms. The third-order valence-electron chi connectivity index (χ3n) is 3.40. The highest BCUT2D eigenvalue weighted by Crippen LogP contribution is 2.25. The van der Waals surface area contributed by atoms with Crippen LogP contribution in [-0.2, 0) is 21.4 Å². The standard InChI is InChI=1S/C13H18FNO4S/c1-13(5-2-6-19-13)9-15-20(17,18)12-7-10(8-16)3-4-11(12)14/h3-4,7,15-16H,2,5-6,8-9H2,1H3. The minimum Gasteiger partial charge on any atom is -0.392 e. The average molecular weight is 303 g/mol. The molecule has 1 aromatic carbocycles. The number of halogens is 1. The van der Waals surface area contributed by atoms with Gasteiger partial charge in [-0.1, -0.05) is 6.07 Å². The number of ether oxygens (including phenoxy) is 1. The zero-order valence-corrected chi connectivity index (χ0v) is 12.0. The molecule has 2 rings (SSSR count). The molecule has 0 amide bonds. The van der Waals surface area contributed by atoms with E-state index < -0.39 is 26.3 Å². The molecule has 1 aliphatic heterocycles. The normalized spacial score (nSPS) is 23.1. The van der Waals surface area contributed by atoms with E-state index in [1.165, 1.54) is 6.07 Å². The lowest BCUT2D eigenvalue weighted by molar-refractivity contribution is 0.0250. The Morgan fingerprint density at radius 3 is 2.85 bits per heavy atom. The zero-order valence-electron chi connectivity index (χ0n) is 11.2. The number of sulfonamides is 1. The maximum Gasteiger partial charge on any atom is 0.243 e. The molecule has 1 fully saturated rings. The number of rotatable bonds is 5. The highest BCUT2D eigenvalue weighted by atomic mass is 32.2. The lowest BCUT2D eigenvalue weighted by Gasteiger charge is -2.23. The number of nitrogens with one attached hydrogen (secondary N) is 1. The van der Waals surface area contributed by atoms with Gasteiger partial charge in [0, 0.05) is 13.2 Å². The van der Waals surface area contributed by atoms with Gasteiger partial charge in [0.2, 0.25) is 10.0 Å². The molecule has 0 aromatic heterocycles. The molecule has 0 aliphatic carbocycles. The van der Waals surface area contributed by atoms with Crippen molar-refractivity contribution in [2.24, 2.45) is 0 Å². The number of hydrogen-bond donors (Lipinski definition) is 2. The molecule has 5 nitrogen and oxygen atoms in total. The molecule has 1 heterocycles. The fraction of sp³-hybridized carbons (Fsp3) is 0.538. The van der Waals surface area contributed by atoms with Crippen LogP contribution in [0.1, 0.15) is 25.3 Å². The van der Waals surface area contributed by atoms with Crippen LogP contribution in [-0.4, -0.2) is 32.3 Å². The number of benzene rings is 1. The summed E-state index contributed by atoms with van der Waals surface area (Å²) in [6, 6.07) is 3.51. The van der Waals surface area contributed by atoms with Crippen molar-refractivity contribution >= 4 is 10.0 Å². The van der Waals surface area contributed by atoms with E-state index in [9.17, 15) is 12.8 Å². The van der Waals surface area contributed by atoms with E-state index in [4.69, 9.17) is 9.84 Å². The molecule has 1 atom stereocenters. The molecular formula is C13H18FNO4S. The summed E-state index contributed by atoms with van der Waals surface area (Å²) in [5.41, 5.74) is -0.201.